The number of aliphatic hydroxyl groups excluding tert-OH is 1. The predicted molar refractivity (Wildman–Crippen MR) is 182 cm³/mol. The second-order valence-corrected chi connectivity index (χ2v) is 14.5. The number of nitrogens with one attached hydrogen (secondary N) is 1. The third-order valence-electron chi connectivity index (χ3n) is 8.58. The second kappa shape index (κ2) is 16.8. The zero-order valence-corrected chi connectivity index (χ0v) is 29.1. The van der Waals surface area contributed by atoms with Crippen molar-refractivity contribution >= 4 is 21.6 Å². The molecular formula is C36H46F3N3O6S. The predicted octanol–water partition coefficient (Wildman–Crippen LogP) is 6.43. The fourth-order valence-electron chi connectivity index (χ4n) is 5.74. The van der Waals surface area contributed by atoms with Gasteiger partial charge in [0.25, 0.3) is 15.9 Å². The smallest absolute Gasteiger partial charge is 0.416 e. The molecule has 9 nitrogen and oxygen atoms in total. The lowest BCUT2D eigenvalue weighted by Crippen LogP contribution is -2.47. The molecule has 4 atom stereocenters. The van der Waals surface area contributed by atoms with Crippen molar-refractivity contribution in [1.82, 2.24) is 9.80 Å². The number of carbonyl (C=O) groups is 1. The molecule has 2 N–H and O–H groups in total. The second-order valence-electron chi connectivity index (χ2n) is 12.8. The number of hydrogen-bond donors (Lipinski definition) is 2. The standard InChI is InChI=1S/C36H46F3N3O6S/c1-25-21-42(26(2)24-43)35(44)32-20-30(40-49(45,46)31-11-6-5-7-12-31)17-18-33(32)48-27(3)10-8-9-19-47-34(25)23-41(4)22-28-13-15-29(16-14-28)36(37,38)39/h5-7,11-18,20,25-27,34,40,43H,8-10,19,21-24H2,1-4H3/t25-,26+,27+,34+/m0/s1. The lowest BCUT2D eigenvalue weighted by atomic mass is 10.0. The van der Waals surface area contributed by atoms with Gasteiger partial charge < -0.3 is 19.5 Å². The molecule has 0 aliphatic carbocycles. The average molecular weight is 706 g/mol. The van der Waals surface area contributed by atoms with Gasteiger partial charge in [0.2, 0.25) is 0 Å². The maximum absolute atomic E-state index is 14.3. The van der Waals surface area contributed by atoms with Crippen molar-refractivity contribution in [2.75, 3.05) is 38.1 Å². The van der Waals surface area contributed by atoms with Crippen LogP contribution < -0.4 is 9.46 Å². The Hall–Kier alpha value is -3.65. The maximum atomic E-state index is 14.3. The van der Waals surface area contributed by atoms with Crippen LogP contribution >= 0.6 is 0 Å². The van der Waals surface area contributed by atoms with E-state index >= 15 is 0 Å². The minimum Gasteiger partial charge on any atom is -0.490 e. The summed E-state index contributed by atoms with van der Waals surface area (Å²) < 4.78 is 80.6. The van der Waals surface area contributed by atoms with E-state index < -0.39 is 33.7 Å². The summed E-state index contributed by atoms with van der Waals surface area (Å²) in [5, 5.41) is 10.2. The molecule has 13 heteroatoms. The van der Waals surface area contributed by atoms with Crippen LogP contribution in [0, 0.1) is 5.92 Å². The molecule has 0 bridgehead atoms. The van der Waals surface area contributed by atoms with Gasteiger partial charge in [-0.1, -0.05) is 37.3 Å². The average Bonchev–Trinajstić information content (AvgIpc) is 3.06. The summed E-state index contributed by atoms with van der Waals surface area (Å²) in [5.74, 6) is -0.353. The van der Waals surface area contributed by atoms with E-state index in [1.165, 1.54) is 30.3 Å². The van der Waals surface area contributed by atoms with Crippen LogP contribution in [-0.2, 0) is 27.5 Å². The van der Waals surface area contributed by atoms with Crippen molar-refractivity contribution in [3.63, 3.8) is 0 Å². The molecule has 1 heterocycles. The summed E-state index contributed by atoms with van der Waals surface area (Å²) in [6.45, 7) is 6.79. The van der Waals surface area contributed by atoms with Gasteiger partial charge >= 0.3 is 6.18 Å². The number of fused-ring (bicyclic) bond motifs is 1. The number of benzene rings is 3. The minimum absolute atomic E-state index is 0.0740. The van der Waals surface area contributed by atoms with Gasteiger partial charge in [0.1, 0.15) is 5.75 Å². The molecule has 4 rings (SSSR count). The number of hydrogen-bond acceptors (Lipinski definition) is 7. The van der Waals surface area contributed by atoms with Gasteiger partial charge in [-0.2, -0.15) is 13.2 Å². The summed E-state index contributed by atoms with van der Waals surface area (Å²) in [5.41, 5.74) is 0.358. The highest BCUT2D eigenvalue weighted by atomic mass is 32.2. The Bertz CT molecular complexity index is 1620. The molecule has 49 heavy (non-hydrogen) atoms. The Morgan fingerprint density at radius 1 is 1.04 bits per heavy atom. The molecule has 0 aromatic heterocycles. The summed E-state index contributed by atoms with van der Waals surface area (Å²) in [4.78, 5) is 17.9. The van der Waals surface area contributed by atoms with Crippen molar-refractivity contribution in [2.24, 2.45) is 5.92 Å². The zero-order chi connectivity index (χ0) is 35.8. The first-order valence-corrected chi connectivity index (χ1v) is 17.9. The van der Waals surface area contributed by atoms with E-state index in [1.807, 2.05) is 25.8 Å². The van der Waals surface area contributed by atoms with Crippen LogP contribution in [0.2, 0.25) is 0 Å². The Labute approximate surface area is 287 Å². The normalized spacial score (nSPS) is 20.6. The molecule has 3 aromatic rings. The molecule has 3 aromatic carbocycles. The highest BCUT2D eigenvalue weighted by Gasteiger charge is 2.32. The number of anilines is 1. The van der Waals surface area contributed by atoms with Crippen LogP contribution in [0.3, 0.4) is 0 Å². The van der Waals surface area contributed by atoms with Gasteiger partial charge in [-0.05, 0) is 88.2 Å². The summed E-state index contributed by atoms with van der Waals surface area (Å²) >= 11 is 0. The Morgan fingerprint density at radius 3 is 2.39 bits per heavy atom. The number of likely N-dealkylation sites (N-methyl/N-ethyl adjacent to an activating group) is 1. The summed E-state index contributed by atoms with van der Waals surface area (Å²) in [6, 6.07) is 17.0. The summed E-state index contributed by atoms with van der Waals surface area (Å²) in [6.07, 6.45) is -2.76. The van der Waals surface area contributed by atoms with Crippen molar-refractivity contribution in [2.45, 2.75) is 75.9 Å². The molecule has 1 aliphatic heterocycles. The van der Waals surface area contributed by atoms with Gasteiger partial charge in [-0.15, -0.1) is 0 Å². The number of rotatable bonds is 9. The number of halogens is 3. The maximum Gasteiger partial charge on any atom is 0.416 e. The fourth-order valence-corrected chi connectivity index (χ4v) is 6.82. The molecule has 0 fully saturated rings. The van der Waals surface area contributed by atoms with E-state index in [0.29, 0.717) is 31.9 Å². The minimum atomic E-state index is -4.41. The van der Waals surface area contributed by atoms with E-state index in [1.54, 1.807) is 42.2 Å². The Balaban J connectivity index is 1.60. The third kappa shape index (κ3) is 10.7. The lowest BCUT2D eigenvalue weighted by molar-refractivity contribution is -0.137. The van der Waals surface area contributed by atoms with Crippen LogP contribution in [0.1, 0.15) is 61.5 Å². The van der Waals surface area contributed by atoms with Crippen LogP contribution in [0.15, 0.2) is 77.7 Å². The van der Waals surface area contributed by atoms with Crippen LogP contribution in [-0.4, -0.2) is 80.8 Å². The van der Waals surface area contributed by atoms with Gasteiger partial charge in [-0.3, -0.25) is 14.4 Å². The molecule has 0 saturated carbocycles. The Morgan fingerprint density at radius 2 is 1.73 bits per heavy atom. The van der Waals surface area contributed by atoms with E-state index in [4.69, 9.17) is 9.47 Å². The lowest BCUT2D eigenvalue weighted by Gasteiger charge is -2.36. The van der Waals surface area contributed by atoms with Gasteiger partial charge in [-0.25, -0.2) is 8.42 Å². The number of nitrogens with zero attached hydrogens (tertiary/aromatic N) is 2. The largest absolute Gasteiger partial charge is 0.490 e. The fraction of sp³-hybridized carbons (Fsp3) is 0.472. The number of carbonyl (C=O) groups excluding carboxylic acids is 1. The van der Waals surface area contributed by atoms with Crippen molar-refractivity contribution in [3.8, 4) is 5.75 Å². The van der Waals surface area contributed by atoms with Gasteiger partial charge in [0.05, 0.1) is 40.9 Å². The van der Waals surface area contributed by atoms with E-state index in [-0.39, 0.29) is 47.4 Å². The van der Waals surface area contributed by atoms with Crippen molar-refractivity contribution in [1.29, 1.82) is 0 Å². The monoisotopic (exact) mass is 705 g/mol. The first-order valence-electron chi connectivity index (χ1n) is 16.4. The molecule has 0 saturated heterocycles. The van der Waals surface area contributed by atoms with Crippen molar-refractivity contribution < 1.29 is 41.0 Å². The van der Waals surface area contributed by atoms with Crippen LogP contribution in [0.5, 0.6) is 5.75 Å². The number of sulfonamides is 1. The molecule has 1 aliphatic rings. The van der Waals surface area contributed by atoms with Crippen LogP contribution in [0.25, 0.3) is 0 Å². The Kier molecular flexibility index (Phi) is 13.1. The van der Waals surface area contributed by atoms with Crippen LogP contribution in [0.4, 0.5) is 18.9 Å². The van der Waals surface area contributed by atoms with E-state index in [2.05, 4.69) is 4.72 Å². The quantitative estimate of drug-likeness (QED) is 0.264. The number of alkyl halides is 3. The molecular weight excluding hydrogens is 659 g/mol. The number of amides is 1. The highest BCUT2D eigenvalue weighted by molar-refractivity contribution is 7.92. The van der Waals surface area contributed by atoms with Crippen molar-refractivity contribution in [3.05, 3.63) is 89.5 Å². The molecule has 0 radical (unpaired) electrons. The van der Waals surface area contributed by atoms with E-state index in [9.17, 15) is 31.5 Å². The topological polar surface area (TPSA) is 108 Å². The molecule has 268 valence electrons. The SMILES string of the molecule is C[C@@H]1CCCCO[C@H](CN(C)Cc2ccc(C(F)(F)F)cc2)[C@@H](C)CN([C@H](C)CO)C(=O)c2cc(NS(=O)(=O)c3ccccc3)ccc2O1. The molecule has 0 unspecified atom stereocenters. The van der Waals surface area contributed by atoms with E-state index in [0.717, 1.165) is 30.5 Å². The first-order chi connectivity index (χ1) is 23.2. The third-order valence-corrected chi connectivity index (χ3v) is 9.98. The number of aliphatic hydroxyl groups is 1. The molecule has 0 spiro atoms. The highest BCUT2D eigenvalue weighted by Crippen LogP contribution is 2.31. The zero-order valence-electron chi connectivity index (χ0n) is 28.3. The molecule has 1 amide bonds. The summed E-state index contributed by atoms with van der Waals surface area (Å²) in [7, 11) is -2.07. The first kappa shape index (κ1) is 38.2. The van der Waals surface area contributed by atoms with Gasteiger partial charge in [0.15, 0.2) is 0 Å². The number of ether oxygens (including phenoxy) is 2. The van der Waals surface area contributed by atoms with Gasteiger partial charge in [0, 0.05) is 37.8 Å².